The number of alkyl halides is 4. The Balaban J connectivity index is 1.53. The molecule has 1 saturated carbocycles. The van der Waals surface area contributed by atoms with Gasteiger partial charge in [-0.15, -0.1) is 0 Å². The van der Waals surface area contributed by atoms with Gasteiger partial charge in [-0.2, -0.15) is 0 Å². The highest BCUT2D eigenvalue weighted by atomic mass is 35.5. The monoisotopic (exact) mass is 473 g/mol. The molecule has 1 aromatic carbocycles. The van der Waals surface area contributed by atoms with E-state index >= 15 is 0 Å². The van der Waals surface area contributed by atoms with E-state index in [4.69, 9.17) is 11.6 Å². The van der Waals surface area contributed by atoms with Crippen LogP contribution in [0, 0.1) is 5.92 Å². The zero-order valence-corrected chi connectivity index (χ0v) is 18.2. The SMILES string of the molecule is CC1CC(O)(CNC(=O)c2c(Cl)ccc3nc(N4CCC(F)(F)C4)ccc23)CCC1(F)F. The zero-order chi connectivity index (χ0) is 23.3. The van der Waals surface area contributed by atoms with Crippen molar-refractivity contribution in [2.45, 2.75) is 50.1 Å². The summed E-state index contributed by atoms with van der Waals surface area (Å²) >= 11 is 6.26. The topological polar surface area (TPSA) is 65.5 Å². The number of anilines is 1. The van der Waals surface area contributed by atoms with Crippen LogP contribution in [-0.2, 0) is 0 Å². The van der Waals surface area contributed by atoms with Gasteiger partial charge >= 0.3 is 0 Å². The van der Waals surface area contributed by atoms with Gasteiger partial charge in [-0.05, 0) is 37.1 Å². The van der Waals surface area contributed by atoms with Gasteiger partial charge in [-0.1, -0.05) is 18.5 Å². The Morgan fingerprint density at radius 3 is 2.62 bits per heavy atom. The van der Waals surface area contributed by atoms with E-state index in [2.05, 4.69) is 10.3 Å². The van der Waals surface area contributed by atoms with Gasteiger partial charge < -0.3 is 15.3 Å². The summed E-state index contributed by atoms with van der Waals surface area (Å²) < 4.78 is 54.6. The Morgan fingerprint density at radius 1 is 1.22 bits per heavy atom. The van der Waals surface area contributed by atoms with Crippen LogP contribution in [0.5, 0.6) is 0 Å². The molecule has 0 radical (unpaired) electrons. The molecule has 1 saturated heterocycles. The average Bonchev–Trinajstić information content (AvgIpc) is 3.09. The largest absolute Gasteiger partial charge is 0.388 e. The minimum Gasteiger partial charge on any atom is -0.388 e. The Bertz CT molecular complexity index is 1050. The summed E-state index contributed by atoms with van der Waals surface area (Å²) in [6.45, 7) is 0.964. The van der Waals surface area contributed by atoms with Gasteiger partial charge in [-0.3, -0.25) is 4.79 Å². The van der Waals surface area contributed by atoms with Crippen LogP contribution in [0.1, 0.15) is 43.0 Å². The van der Waals surface area contributed by atoms with E-state index in [1.165, 1.54) is 17.9 Å². The molecule has 1 amide bonds. The number of fused-ring (bicyclic) bond motifs is 1. The number of rotatable bonds is 4. The van der Waals surface area contributed by atoms with Crippen molar-refractivity contribution in [1.82, 2.24) is 10.3 Å². The van der Waals surface area contributed by atoms with Crippen LogP contribution in [-0.4, -0.2) is 53.1 Å². The van der Waals surface area contributed by atoms with Crippen molar-refractivity contribution in [1.29, 1.82) is 0 Å². The second-order valence-electron chi connectivity index (χ2n) is 8.96. The molecule has 2 fully saturated rings. The molecule has 32 heavy (non-hydrogen) atoms. The minimum atomic E-state index is -2.84. The number of halogens is 5. The van der Waals surface area contributed by atoms with Crippen LogP contribution in [0.3, 0.4) is 0 Å². The number of benzene rings is 1. The second-order valence-corrected chi connectivity index (χ2v) is 9.37. The van der Waals surface area contributed by atoms with Gasteiger partial charge in [0.05, 0.1) is 28.2 Å². The van der Waals surface area contributed by atoms with E-state index in [1.807, 2.05) is 0 Å². The molecule has 2 heterocycles. The number of hydrogen-bond acceptors (Lipinski definition) is 4. The van der Waals surface area contributed by atoms with Crippen molar-refractivity contribution < 1.29 is 27.5 Å². The quantitative estimate of drug-likeness (QED) is 0.634. The lowest BCUT2D eigenvalue weighted by atomic mass is 9.76. The summed E-state index contributed by atoms with van der Waals surface area (Å²) in [5.41, 5.74) is -0.884. The van der Waals surface area contributed by atoms with Crippen LogP contribution >= 0.6 is 11.6 Å². The third kappa shape index (κ3) is 4.50. The lowest BCUT2D eigenvalue weighted by molar-refractivity contribution is -0.138. The van der Waals surface area contributed by atoms with E-state index in [-0.39, 0.29) is 42.9 Å². The highest BCUT2D eigenvalue weighted by molar-refractivity contribution is 6.35. The number of pyridine rings is 1. The first-order chi connectivity index (χ1) is 14.9. The molecule has 2 aromatic rings. The predicted octanol–water partition coefficient (Wildman–Crippen LogP) is 4.65. The van der Waals surface area contributed by atoms with Crippen LogP contribution in [0.25, 0.3) is 10.9 Å². The first kappa shape index (κ1) is 23.0. The number of hydrogen-bond donors (Lipinski definition) is 2. The molecule has 2 N–H and O–H groups in total. The van der Waals surface area contributed by atoms with E-state index in [0.717, 1.165) is 0 Å². The molecular formula is C22H24ClF4N3O2. The maximum atomic E-state index is 13.8. The molecule has 4 rings (SSSR count). The molecule has 2 atom stereocenters. The summed E-state index contributed by atoms with van der Waals surface area (Å²) in [7, 11) is 0. The third-order valence-electron chi connectivity index (χ3n) is 6.44. The normalized spacial score (nSPS) is 27.0. The Labute approximate surface area is 187 Å². The molecule has 2 aliphatic rings. The Kier molecular flexibility index (Phi) is 5.78. The molecule has 0 spiro atoms. The number of aliphatic hydroxyl groups is 1. The van der Waals surface area contributed by atoms with Gasteiger partial charge in [0.1, 0.15) is 5.82 Å². The highest BCUT2D eigenvalue weighted by Crippen LogP contribution is 2.42. The van der Waals surface area contributed by atoms with Gasteiger partial charge in [0.25, 0.3) is 17.8 Å². The lowest BCUT2D eigenvalue weighted by Crippen LogP contribution is -2.50. The molecule has 1 aliphatic carbocycles. The Morgan fingerprint density at radius 2 is 1.97 bits per heavy atom. The van der Waals surface area contributed by atoms with E-state index < -0.39 is 42.2 Å². The first-order valence-corrected chi connectivity index (χ1v) is 10.9. The Hall–Kier alpha value is -2.13. The predicted molar refractivity (Wildman–Crippen MR) is 114 cm³/mol. The fourth-order valence-corrected chi connectivity index (χ4v) is 4.72. The molecule has 1 aromatic heterocycles. The van der Waals surface area contributed by atoms with Crippen LogP contribution in [0.2, 0.25) is 5.02 Å². The van der Waals surface area contributed by atoms with Gasteiger partial charge in [0, 0.05) is 37.2 Å². The van der Waals surface area contributed by atoms with Crippen LogP contribution < -0.4 is 10.2 Å². The van der Waals surface area contributed by atoms with Crippen molar-refractivity contribution >= 4 is 34.2 Å². The molecule has 2 unspecified atom stereocenters. The number of nitrogens with one attached hydrogen (secondary N) is 1. The van der Waals surface area contributed by atoms with E-state index in [0.29, 0.717) is 16.7 Å². The maximum Gasteiger partial charge on any atom is 0.266 e. The maximum absolute atomic E-state index is 13.8. The number of nitrogens with zero attached hydrogens (tertiary/aromatic N) is 2. The van der Waals surface area contributed by atoms with Crippen LogP contribution in [0.4, 0.5) is 23.4 Å². The van der Waals surface area contributed by atoms with Gasteiger partial charge in [-0.25, -0.2) is 22.5 Å². The number of amides is 1. The standard InChI is InChI=1S/C22H24ClF4N3O2/c1-13-10-20(32,6-7-22(13,26)27)11-28-19(31)18-14-2-5-17(29-16(14)4-3-15(18)23)30-9-8-21(24,25)12-30/h2-5,13,32H,6-12H2,1H3,(H,28,31). The molecular weight excluding hydrogens is 450 g/mol. The second kappa shape index (κ2) is 8.02. The van der Waals surface area contributed by atoms with E-state index in [9.17, 15) is 27.5 Å². The van der Waals surface area contributed by atoms with Gasteiger partial charge in [0.2, 0.25) is 0 Å². The van der Waals surface area contributed by atoms with Crippen molar-refractivity contribution in [3.8, 4) is 0 Å². The summed E-state index contributed by atoms with van der Waals surface area (Å²) in [6.07, 6.45) is -0.944. The lowest BCUT2D eigenvalue weighted by Gasteiger charge is -2.40. The van der Waals surface area contributed by atoms with E-state index in [1.54, 1.807) is 18.2 Å². The molecule has 10 heteroatoms. The average molecular weight is 474 g/mol. The zero-order valence-electron chi connectivity index (χ0n) is 17.5. The minimum absolute atomic E-state index is 0.126. The highest BCUT2D eigenvalue weighted by Gasteiger charge is 2.47. The van der Waals surface area contributed by atoms with Crippen molar-refractivity contribution in [2.75, 3.05) is 24.5 Å². The number of carbonyl (C=O) groups excluding carboxylic acids is 1. The summed E-state index contributed by atoms with van der Waals surface area (Å²) in [4.78, 5) is 18.8. The number of aromatic nitrogens is 1. The summed E-state index contributed by atoms with van der Waals surface area (Å²) in [5, 5.41) is 13.9. The van der Waals surface area contributed by atoms with Crippen molar-refractivity contribution in [3.05, 3.63) is 34.9 Å². The first-order valence-electron chi connectivity index (χ1n) is 10.5. The fraction of sp³-hybridized carbons (Fsp3) is 0.545. The number of carbonyl (C=O) groups is 1. The van der Waals surface area contributed by atoms with Crippen molar-refractivity contribution in [3.63, 3.8) is 0 Å². The van der Waals surface area contributed by atoms with Crippen molar-refractivity contribution in [2.24, 2.45) is 5.92 Å². The van der Waals surface area contributed by atoms with Crippen LogP contribution in [0.15, 0.2) is 24.3 Å². The third-order valence-corrected chi connectivity index (χ3v) is 6.75. The molecule has 0 bridgehead atoms. The molecule has 1 aliphatic heterocycles. The molecule has 174 valence electrons. The molecule has 5 nitrogen and oxygen atoms in total. The fourth-order valence-electron chi connectivity index (χ4n) is 4.47. The van der Waals surface area contributed by atoms with Gasteiger partial charge in [0.15, 0.2) is 0 Å². The summed E-state index contributed by atoms with van der Waals surface area (Å²) in [6, 6.07) is 6.26. The summed E-state index contributed by atoms with van der Waals surface area (Å²) in [5.74, 6) is -6.78. The smallest absolute Gasteiger partial charge is 0.266 e.